The molecule has 1 aromatic carbocycles. The minimum absolute atomic E-state index is 0.0354. The Bertz CT molecular complexity index is 947. The van der Waals surface area contributed by atoms with Gasteiger partial charge in [-0.2, -0.15) is 26.3 Å². The van der Waals surface area contributed by atoms with E-state index in [1.54, 1.807) is 6.26 Å². The molecule has 0 bridgehead atoms. The zero-order valence-corrected chi connectivity index (χ0v) is 13.9. The molecule has 0 saturated heterocycles. The average molecular weight is 392 g/mol. The maximum Gasteiger partial charge on any atom is 0.416 e. The summed E-state index contributed by atoms with van der Waals surface area (Å²) in [6.07, 6.45) is -6.43. The lowest BCUT2D eigenvalue weighted by atomic mass is 9.98. The molecule has 4 nitrogen and oxygen atoms in total. The first-order chi connectivity index (χ1) is 12.1. The number of aromatic nitrogens is 4. The summed E-state index contributed by atoms with van der Waals surface area (Å²) in [6.45, 7) is 0. The van der Waals surface area contributed by atoms with Crippen LogP contribution in [0.3, 0.4) is 0 Å². The lowest BCUT2D eigenvalue weighted by Crippen LogP contribution is -2.14. The Morgan fingerprint density at radius 1 is 1.08 bits per heavy atom. The topological polar surface area (TPSA) is 43.1 Å². The number of alkyl halides is 6. The van der Waals surface area contributed by atoms with Crippen LogP contribution in [0, 0.1) is 0 Å². The molecule has 0 radical (unpaired) electrons. The van der Waals surface area contributed by atoms with Gasteiger partial charge < -0.3 is 0 Å². The fourth-order valence-corrected chi connectivity index (χ4v) is 2.97. The van der Waals surface area contributed by atoms with Gasteiger partial charge in [0.05, 0.1) is 23.7 Å². The van der Waals surface area contributed by atoms with E-state index in [0.29, 0.717) is 16.7 Å². The van der Waals surface area contributed by atoms with Gasteiger partial charge in [0.15, 0.2) is 5.16 Å². The van der Waals surface area contributed by atoms with Crippen LogP contribution in [0.5, 0.6) is 0 Å². The van der Waals surface area contributed by atoms with Gasteiger partial charge in [-0.15, -0.1) is 10.2 Å². The molecule has 0 aliphatic rings. The molecule has 3 aromatic rings. The molecule has 0 N–H and O–H groups in total. The molecule has 3 rings (SSSR count). The van der Waals surface area contributed by atoms with Gasteiger partial charge in [-0.1, -0.05) is 17.8 Å². The van der Waals surface area contributed by atoms with Crippen molar-refractivity contribution in [3.8, 4) is 11.3 Å². The van der Waals surface area contributed by atoms with Gasteiger partial charge in [-0.3, -0.25) is 4.40 Å². The first-order valence-electron chi connectivity index (χ1n) is 7.10. The van der Waals surface area contributed by atoms with Crippen molar-refractivity contribution in [3.05, 3.63) is 41.9 Å². The maximum atomic E-state index is 12.9. The number of hydrogen-bond donors (Lipinski definition) is 0. The molecule has 0 unspecified atom stereocenters. The molecule has 0 aliphatic carbocycles. The van der Waals surface area contributed by atoms with Crippen molar-refractivity contribution in [1.82, 2.24) is 19.6 Å². The lowest BCUT2D eigenvalue weighted by molar-refractivity contribution is -0.138. The molecule has 0 spiro atoms. The fraction of sp³-hybridized carbons (Fsp3) is 0.267. The Balaban J connectivity index is 2.23. The third-order valence-corrected chi connectivity index (χ3v) is 4.23. The minimum Gasteiger partial charge on any atom is -0.274 e. The fourth-order valence-electron chi connectivity index (χ4n) is 2.51. The summed E-state index contributed by atoms with van der Waals surface area (Å²) in [6, 6.07) is 2.21. The standard InChI is InChI=1S/C15H10F6N4S/c1-26-13-24-23-12(11-6-22-7-25(11)13)10-3-2-9(15(19,20)21)4-8(10)5-14(16,17)18/h2-4,6-7H,5H2,1H3. The summed E-state index contributed by atoms with van der Waals surface area (Å²) in [5.74, 6) is 0. The van der Waals surface area contributed by atoms with Crippen LogP contribution in [0.15, 0.2) is 35.9 Å². The Morgan fingerprint density at radius 3 is 2.42 bits per heavy atom. The molecule has 0 amide bonds. The van der Waals surface area contributed by atoms with Crippen LogP contribution in [0.2, 0.25) is 0 Å². The smallest absolute Gasteiger partial charge is 0.274 e. The largest absolute Gasteiger partial charge is 0.416 e. The van der Waals surface area contributed by atoms with Crippen LogP contribution in [0.1, 0.15) is 11.1 Å². The summed E-state index contributed by atoms with van der Waals surface area (Å²) < 4.78 is 78.9. The van der Waals surface area contributed by atoms with Gasteiger partial charge in [-0.25, -0.2) is 4.98 Å². The number of imidazole rings is 1. The Morgan fingerprint density at radius 2 is 1.81 bits per heavy atom. The molecule has 138 valence electrons. The summed E-state index contributed by atoms with van der Waals surface area (Å²) in [4.78, 5) is 3.92. The zero-order chi connectivity index (χ0) is 19.1. The van der Waals surface area contributed by atoms with E-state index in [9.17, 15) is 26.3 Å². The van der Waals surface area contributed by atoms with E-state index in [1.165, 1.54) is 28.7 Å². The highest BCUT2D eigenvalue weighted by Crippen LogP contribution is 2.36. The molecule has 0 saturated carbocycles. The second-order valence-corrected chi connectivity index (χ2v) is 6.12. The second kappa shape index (κ2) is 6.45. The summed E-state index contributed by atoms with van der Waals surface area (Å²) >= 11 is 1.25. The highest BCUT2D eigenvalue weighted by Gasteiger charge is 2.34. The van der Waals surface area contributed by atoms with Crippen molar-refractivity contribution in [2.45, 2.75) is 23.9 Å². The summed E-state index contributed by atoms with van der Waals surface area (Å²) in [5.41, 5.74) is -1.36. The lowest BCUT2D eigenvalue weighted by Gasteiger charge is -2.15. The molecule has 0 atom stereocenters. The number of fused-ring (bicyclic) bond motifs is 1. The van der Waals surface area contributed by atoms with E-state index in [2.05, 4.69) is 15.2 Å². The Labute approximate surface area is 147 Å². The monoisotopic (exact) mass is 392 g/mol. The van der Waals surface area contributed by atoms with E-state index in [1.807, 2.05) is 0 Å². The van der Waals surface area contributed by atoms with Crippen LogP contribution in [-0.2, 0) is 12.6 Å². The molecule has 11 heteroatoms. The number of halogens is 6. The van der Waals surface area contributed by atoms with Crippen molar-refractivity contribution < 1.29 is 26.3 Å². The summed E-state index contributed by atoms with van der Waals surface area (Å²) in [5, 5.41) is 8.29. The highest BCUT2D eigenvalue weighted by molar-refractivity contribution is 7.98. The first kappa shape index (κ1) is 18.5. The van der Waals surface area contributed by atoms with Crippen molar-refractivity contribution >= 4 is 17.3 Å². The van der Waals surface area contributed by atoms with E-state index >= 15 is 0 Å². The normalized spacial score (nSPS) is 12.7. The van der Waals surface area contributed by atoms with Gasteiger partial charge in [-0.05, 0) is 24.0 Å². The molecule has 0 aliphatic heterocycles. The quantitative estimate of drug-likeness (QED) is 0.481. The van der Waals surface area contributed by atoms with Crippen LogP contribution in [0.25, 0.3) is 16.8 Å². The van der Waals surface area contributed by atoms with E-state index < -0.39 is 29.9 Å². The number of thioether (sulfide) groups is 1. The predicted octanol–water partition coefficient (Wildman–Crippen LogP) is 4.64. The predicted molar refractivity (Wildman–Crippen MR) is 82.8 cm³/mol. The zero-order valence-electron chi connectivity index (χ0n) is 13.1. The molecular weight excluding hydrogens is 382 g/mol. The molecule has 2 heterocycles. The van der Waals surface area contributed by atoms with Crippen LogP contribution in [0.4, 0.5) is 26.3 Å². The average Bonchev–Trinajstić information content (AvgIpc) is 3.01. The van der Waals surface area contributed by atoms with Crippen molar-refractivity contribution in [2.24, 2.45) is 0 Å². The number of hydrogen-bond acceptors (Lipinski definition) is 4. The van der Waals surface area contributed by atoms with Crippen molar-refractivity contribution in [3.63, 3.8) is 0 Å². The Kier molecular flexibility index (Phi) is 4.59. The van der Waals surface area contributed by atoms with Crippen molar-refractivity contribution in [2.75, 3.05) is 6.26 Å². The van der Waals surface area contributed by atoms with Gasteiger partial charge in [0.25, 0.3) is 0 Å². The van der Waals surface area contributed by atoms with Crippen molar-refractivity contribution in [1.29, 1.82) is 0 Å². The third-order valence-electron chi connectivity index (χ3n) is 3.58. The highest BCUT2D eigenvalue weighted by atomic mass is 32.2. The number of nitrogens with zero attached hydrogens (tertiary/aromatic N) is 4. The number of rotatable bonds is 3. The summed E-state index contributed by atoms with van der Waals surface area (Å²) in [7, 11) is 0. The number of benzene rings is 1. The van der Waals surface area contributed by atoms with Crippen LogP contribution < -0.4 is 0 Å². The van der Waals surface area contributed by atoms with Gasteiger partial charge in [0, 0.05) is 5.56 Å². The first-order valence-corrected chi connectivity index (χ1v) is 8.32. The van der Waals surface area contributed by atoms with Gasteiger partial charge in [0.1, 0.15) is 12.0 Å². The van der Waals surface area contributed by atoms with Crippen LogP contribution >= 0.6 is 11.8 Å². The maximum absolute atomic E-state index is 12.9. The van der Waals surface area contributed by atoms with E-state index in [0.717, 1.165) is 12.1 Å². The van der Waals surface area contributed by atoms with Crippen LogP contribution in [-0.4, -0.2) is 32.0 Å². The molecule has 2 aromatic heterocycles. The third kappa shape index (κ3) is 3.62. The SMILES string of the molecule is CSc1nnc(-c2ccc(C(F)(F)F)cc2CC(F)(F)F)c2cncn12. The Hall–Kier alpha value is -2.30. The second-order valence-electron chi connectivity index (χ2n) is 5.35. The minimum atomic E-state index is -4.75. The molecular formula is C15H10F6N4S. The van der Waals surface area contributed by atoms with E-state index in [4.69, 9.17) is 0 Å². The van der Waals surface area contributed by atoms with Gasteiger partial charge >= 0.3 is 12.4 Å². The molecule has 26 heavy (non-hydrogen) atoms. The molecule has 0 fully saturated rings. The van der Waals surface area contributed by atoms with Gasteiger partial charge in [0.2, 0.25) is 0 Å². The van der Waals surface area contributed by atoms with E-state index in [-0.39, 0.29) is 11.3 Å².